The second-order valence-corrected chi connectivity index (χ2v) is 3.70. The standard InChI is InChI=1S/C8H8BrN3O2/c1-12-6(8(9)10-11-12)7(13)5-2-3-14-4-5/h4H,2-3H2,1H3. The Hall–Kier alpha value is -1.17. The normalized spacial score (nSPS) is 15.1. The average molecular weight is 258 g/mol. The Morgan fingerprint density at radius 1 is 1.71 bits per heavy atom. The number of ether oxygens (including phenoxy) is 1. The minimum absolute atomic E-state index is 0.0816. The van der Waals surface area contributed by atoms with Gasteiger partial charge in [0.05, 0.1) is 12.9 Å². The van der Waals surface area contributed by atoms with Crippen molar-refractivity contribution in [2.75, 3.05) is 6.61 Å². The summed E-state index contributed by atoms with van der Waals surface area (Å²) in [6, 6.07) is 0. The first-order chi connectivity index (χ1) is 6.70. The molecule has 0 atom stereocenters. The molecule has 0 bridgehead atoms. The third-order valence-electron chi connectivity index (χ3n) is 2.01. The fourth-order valence-electron chi connectivity index (χ4n) is 1.28. The van der Waals surface area contributed by atoms with Crippen molar-refractivity contribution >= 4 is 21.7 Å². The number of carbonyl (C=O) groups excluding carboxylic acids is 1. The lowest BCUT2D eigenvalue weighted by atomic mass is 10.1. The molecule has 0 radical (unpaired) electrons. The largest absolute Gasteiger partial charge is 0.500 e. The highest BCUT2D eigenvalue weighted by molar-refractivity contribution is 9.10. The number of aromatic nitrogens is 3. The average Bonchev–Trinajstić information content (AvgIpc) is 2.75. The Balaban J connectivity index is 2.35. The Kier molecular flexibility index (Phi) is 2.37. The number of Topliss-reactive ketones (excluding diaryl/α,β-unsaturated/α-hetero) is 1. The molecule has 1 aromatic heterocycles. The van der Waals surface area contributed by atoms with Crippen LogP contribution in [-0.4, -0.2) is 27.4 Å². The van der Waals surface area contributed by atoms with Gasteiger partial charge in [-0.3, -0.25) is 4.79 Å². The molecule has 2 rings (SSSR count). The Bertz CT molecular complexity index is 391. The van der Waals surface area contributed by atoms with Gasteiger partial charge in [-0.2, -0.15) is 0 Å². The number of hydrogen-bond acceptors (Lipinski definition) is 4. The lowest BCUT2D eigenvalue weighted by molar-refractivity contribution is 0.102. The molecular formula is C8H8BrN3O2. The van der Waals surface area contributed by atoms with E-state index in [-0.39, 0.29) is 5.78 Å². The number of halogens is 1. The van der Waals surface area contributed by atoms with Gasteiger partial charge in [0, 0.05) is 19.0 Å². The highest BCUT2D eigenvalue weighted by atomic mass is 79.9. The van der Waals surface area contributed by atoms with E-state index in [2.05, 4.69) is 26.2 Å². The zero-order chi connectivity index (χ0) is 10.1. The number of ketones is 1. The molecule has 0 aliphatic carbocycles. The number of carbonyl (C=O) groups is 1. The van der Waals surface area contributed by atoms with E-state index in [0.29, 0.717) is 28.9 Å². The molecule has 0 N–H and O–H groups in total. The number of nitrogens with zero attached hydrogens (tertiary/aromatic N) is 3. The molecule has 5 nitrogen and oxygen atoms in total. The van der Waals surface area contributed by atoms with Crippen molar-refractivity contribution in [3.05, 3.63) is 22.1 Å². The maximum Gasteiger partial charge on any atom is 0.213 e. The zero-order valence-corrected chi connectivity index (χ0v) is 9.11. The molecular weight excluding hydrogens is 250 g/mol. The molecule has 6 heteroatoms. The number of rotatable bonds is 2. The second kappa shape index (κ2) is 3.53. The van der Waals surface area contributed by atoms with E-state index in [0.717, 1.165) is 0 Å². The van der Waals surface area contributed by atoms with Gasteiger partial charge in [-0.15, -0.1) is 5.10 Å². The minimum Gasteiger partial charge on any atom is -0.500 e. The molecule has 0 fully saturated rings. The number of aryl methyl sites for hydroxylation is 1. The van der Waals surface area contributed by atoms with Gasteiger partial charge >= 0.3 is 0 Å². The summed E-state index contributed by atoms with van der Waals surface area (Å²) in [5.41, 5.74) is 1.12. The summed E-state index contributed by atoms with van der Waals surface area (Å²) in [5.74, 6) is -0.0816. The Labute approximate surface area is 88.9 Å². The van der Waals surface area contributed by atoms with Crippen LogP contribution in [0.15, 0.2) is 16.4 Å². The number of hydrogen-bond donors (Lipinski definition) is 0. The van der Waals surface area contributed by atoms with Crippen LogP contribution in [0.4, 0.5) is 0 Å². The molecule has 1 aromatic rings. The van der Waals surface area contributed by atoms with Crippen LogP contribution in [0.3, 0.4) is 0 Å². The van der Waals surface area contributed by atoms with Gasteiger partial charge in [0.2, 0.25) is 5.78 Å². The molecule has 1 aliphatic heterocycles. The molecule has 14 heavy (non-hydrogen) atoms. The van der Waals surface area contributed by atoms with Gasteiger partial charge in [-0.05, 0) is 15.9 Å². The van der Waals surface area contributed by atoms with Crippen molar-refractivity contribution in [3.63, 3.8) is 0 Å². The van der Waals surface area contributed by atoms with Gasteiger partial charge in [-0.25, -0.2) is 4.68 Å². The Morgan fingerprint density at radius 3 is 3.00 bits per heavy atom. The van der Waals surface area contributed by atoms with Crippen molar-refractivity contribution in [1.82, 2.24) is 15.0 Å². The molecule has 74 valence electrons. The van der Waals surface area contributed by atoms with Crippen molar-refractivity contribution in [1.29, 1.82) is 0 Å². The third-order valence-corrected chi connectivity index (χ3v) is 2.54. The van der Waals surface area contributed by atoms with Crippen LogP contribution < -0.4 is 0 Å². The predicted molar refractivity (Wildman–Crippen MR) is 51.7 cm³/mol. The quantitative estimate of drug-likeness (QED) is 0.744. The molecule has 0 amide bonds. The fraction of sp³-hybridized carbons (Fsp3) is 0.375. The van der Waals surface area contributed by atoms with E-state index in [4.69, 9.17) is 4.74 Å². The van der Waals surface area contributed by atoms with Crippen molar-refractivity contribution in [2.45, 2.75) is 6.42 Å². The summed E-state index contributed by atoms with van der Waals surface area (Å²) in [6.45, 7) is 0.573. The summed E-state index contributed by atoms with van der Waals surface area (Å²) in [5, 5.41) is 7.49. The molecule has 0 unspecified atom stereocenters. The highest BCUT2D eigenvalue weighted by Gasteiger charge is 2.22. The second-order valence-electron chi connectivity index (χ2n) is 2.95. The van der Waals surface area contributed by atoms with E-state index >= 15 is 0 Å². The van der Waals surface area contributed by atoms with Gasteiger partial charge < -0.3 is 4.74 Å². The third kappa shape index (κ3) is 1.45. The monoisotopic (exact) mass is 257 g/mol. The summed E-state index contributed by atoms with van der Waals surface area (Å²) in [4.78, 5) is 11.9. The molecule has 2 heterocycles. The first kappa shape index (κ1) is 9.39. The molecule has 0 saturated carbocycles. The summed E-state index contributed by atoms with van der Waals surface area (Å²) in [7, 11) is 1.68. The van der Waals surface area contributed by atoms with E-state index in [9.17, 15) is 4.79 Å². The van der Waals surface area contributed by atoms with Gasteiger partial charge in [0.15, 0.2) is 4.60 Å². The van der Waals surface area contributed by atoms with Crippen molar-refractivity contribution < 1.29 is 9.53 Å². The zero-order valence-electron chi connectivity index (χ0n) is 7.53. The van der Waals surface area contributed by atoms with Gasteiger partial charge in [-0.1, -0.05) is 5.21 Å². The van der Waals surface area contributed by atoms with Crippen LogP contribution in [-0.2, 0) is 11.8 Å². The predicted octanol–water partition coefficient (Wildman–Crippen LogP) is 1.06. The topological polar surface area (TPSA) is 57.0 Å². The van der Waals surface area contributed by atoms with E-state index in [1.54, 1.807) is 7.05 Å². The lowest BCUT2D eigenvalue weighted by Gasteiger charge is -1.99. The molecule has 0 aromatic carbocycles. The van der Waals surface area contributed by atoms with Gasteiger partial charge in [0.25, 0.3) is 0 Å². The van der Waals surface area contributed by atoms with Crippen LogP contribution in [0, 0.1) is 0 Å². The van der Waals surface area contributed by atoms with E-state index < -0.39 is 0 Å². The first-order valence-corrected chi connectivity index (χ1v) is 4.90. The van der Waals surface area contributed by atoms with Crippen LogP contribution in [0.1, 0.15) is 16.9 Å². The first-order valence-electron chi connectivity index (χ1n) is 4.10. The Morgan fingerprint density at radius 2 is 2.50 bits per heavy atom. The van der Waals surface area contributed by atoms with Crippen LogP contribution >= 0.6 is 15.9 Å². The van der Waals surface area contributed by atoms with Gasteiger partial charge in [0.1, 0.15) is 5.69 Å². The smallest absolute Gasteiger partial charge is 0.213 e. The molecule has 0 spiro atoms. The molecule has 0 saturated heterocycles. The lowest BCUT2D eigenvalue weighted by Crippen LogP contribution is -2.09. The van der Waals surface area contributed by atoms with E-state index in [1.165, 1.54) is 10.9 Å². The van der Waals surface area contributed by atoms with Crippen molar-refractivity contribution in [3.8, 4) is 0 Å². The van der Waals surface area contributed by atoms with E-state index in [1.807, 2.05) is 0 Å². The fourth-order valence-corrected chi connectivity index (χ4v) is 1.79. The highest BCUT2D eigenvalue weighted by Crippen LogP contribution is 2.20. The summed E-state index contributed by atoms with van der Waals surface area (Å²) >= 11 is 3.18. The SMILES string of the molecule is Cn1nnc(Br)c1C(=O)C1=COCC1. The van der Waals surface area contributed by atoms with Crippen molar-refractivity contribution in [2.24, 2.45) is 7.05 Å². The maximum absolute atomic E-state index is 11.9. The summed E-state index contributed by atoms with van der Waals surface area (Å²) in [6.07, 6.45) is 2.15. The molecule has 1 aliphatic rings. The van der Waals surface area contributed by atoms with Crippen LogP contribution in [0.25, 0.3) is 0 Å². The summed E-state index contributed by atoms with van der Waals surface area (Å²) < 4.78 is 6.93. The minimum atomic E-state index is -0.0816. The van der Waals surface area contributed by atoms with Crippen LogP contribution in [0.2, 0.25) is 0 Å². The maximum atomic E-state index is 11.9. The van der Waals surface area contributed by atoms with Crippen LogP contribution in [0.5, 0.6) is 0 Å².